The molecule has 114 valence electrons. The molecule has 0 radical (unpaired) electrons. The van der Waals surface area contributed by atoms with Gasteiger partial charge < -0.3 is 15.3 Å². The molecule has 0 saturated carbocycles. The van der Waals surface area contributed by atoms with Gasteiger partial charge in [-0.1, -0.05) is 0 Å². The van der Waals surface area contributed by atoms with Crippen LogP contribution in [0.15, 0.2) is 48.5 Å². The van der Waals surface area contributed by atoms with E-state index in [1.165, 1.54) is 36.4 Å². The fourth-order valence-corrected chi connectivity index (χ4v) is 1.33. The summed E-state index contributed by atoms with van der Waals surface area (Å²) in [5.41, 5.74) is 0.110. The number of non-ortho nitro benzene ring substituents is 1. The van der Waals surface area contributed by atoms with Crippen molar-refractivity contribution in [1.82, 2.24) is 0 Å². The predicted octanol–water partition coefficient (Wildman–Crippen LogP) is 2.38. The van der Waals surface area contributed by atoms with E-state index in [9.17, 15) is 19.7 Å². The molecule has 0 aromatic heterocycles. The molecule has 0 heterocycles. The third-order valence-corrected chi connectivity index (χ3v) is 2.44. The second-order valence-electron chi connectivity index (χ2n) is 3.96. The van der Waals surface area contributed by atoms with Crippen molar-refractivity contribution in [3.05, 3.63) is 69.8 Å². The van der Waals surface area contributed by atoms with Crippen molar-refractivity contribution in [2.45, 2.75) is 0 Å². The fraction of sp³-hybridized carbons (Fsp3) is 0. The highest BCUT2D eigenvalue weighted by atomic mass is 16.6. The van der Waals surface area contributed by atoms with Gasteiger partial charge in [0.05, 0.1) is 16.1 Å². The lowest BCUT2D eigenvalue weighted by Gasteiger charge is -1.92. The van der Waals surface area contributed by atoms with E-state index in [0.29, 0.717) is 0 Å². The number of nitro benzene ring substituents is 1. The topological polar surface area (TPSA) is 138 Å². The van der Waals surface area contributed by atoms with Gasteiger partial charge in [-0.2, -0.15) is 0 Å². The SMILES string of the molecule is O=C(O)c1ccc(O)cc1.O=C(O)c1ccc([N+](=O)[O-])cc1. The Morgan fingerprint density at radius 3 is 1.50 bits per heavy atom. The zero-order chi connectivity index (χ0) is 16.7. The van der Waals surface area contributed by atoms with Crippen LogP contribution < -0.4 is 0 Å². The molecule has 0 bridgehead atoms. The van der Waals surface area contributed by atoms with E-state index in [4.69, 9.17) is 15.3 Å². The predicted molar refractivity (Wildman–Crippen MR) is 75.1 cm³/mol. The Labute approximate surface area is 124 Å². The minimum Gasteiger partial charge on any atom is -0.508 e. The van der Waals surface area contributed by atoms with Crippen molar-refractivity contribution in [3.63, 3.8) is 0 Å². The van der Waals surface area contributed by atoms with Crippen molar-refractivity contribution in [3.8, 4) is 5.75 Å². The van der Waals surface area contributed by atoms with Crippen LogP contribution in [0.2, 0.25) is 0 Å². The summed E-state index contributed by atoms with van der Waals surface area (Å²) in [6.07, 6.45) is 0. The van der Waals surface area contributed by atoms with Gasteiger partial charge in [-0.15, -0.1) is 0 Å². The first-order chi connectivity index (χ1) is 10.3. The van der Waals surface area contributed by atoms with Crippen LogP contribution in [0.1, 0.15) is 20.7 Å². The first-order valence-electron chi connectivity index (χ1n) is 5.81. The maximum atomic E-state index is 10.3. The molecule has 2 rings (SSSR count). The number of nitrogens with zero attached hydrogens (tertiary/aromatic N) is 1. The van der Waals surface area contributed by atoms with Gasteiger partial charge in [0.1, 0.15) is 5.75 Å². The second-order valence-corrected chi connectivity index (χ2v) is 3.96. The lowest BCUT2D eigenvalue weighted by Crippen LogP contribution is -1.96. The number of carboxylic acids is 2. The van der Waals surface area contributed by atoms with E-state index in [-0.39, 0.29) is 22.6 Å². The number of aromatic hydroxyl groups is 1. The van der Waals surface area contributed by atoms with E-state index in [1.807, 2.05) is 0 Å². The van der Waals surface area contributed by atoms with Crippen molar-refractivity contribution in [2.24, 2.45) is 0 Å². The van der Waals surface area contributed by atoms with Gasteiger partial charge in [-0.25, -0.2) is 9.59 Å². The van der Waals surface area contributed by atoms with Crippen LogP contribution in [0.4, 0.5) is 5.69 Å². The summed E-state index contributed by atoms with van der Waals surface area (Å²) < 4.78 is 0. The van der Waals surface area contributed by atoms with Gasteiger partial charge >= 0.3 is 11.9 Å². The maximum absolute atomic E-state index is 10.3. The summed E-state index contributed by atoms with van der Waals surface area (Å²) in [4.78, 5) is 30.1. The Morgan fingerprint density at radius 1 is 0.818 bits per heavy atom. The Bertz CT molecular complexity index is 644. The second kappa shape index (κ2) is 7.39. The number of phenolic OH excluding ortho intramolecular Hbond substituents is 1. The summed E-state index contributed by atoms with van der Waals surface area (Å²) in [6, 6.07) is 10.1. The Kier molecular flexibility index (Phi) is 5.58. The minimum atomic E-state index is -1.09. The Hall–Kier alpha value is -3.42. The van der Waals surface area contributed by atoms with Gasteiger partial charge in [-0.3, -0.25) is 10.1 Å². The smallest absolute Gasteiger partial charge is 0.335 e. The molecule has 2 aromatic carbocycles. The van der Waals surface area contributed by atoms with Crippen LogP contribution in [0.25, 0.3) is 0 Å². The average molecular weight is 305 g/mol. The molecular weight excluding hydrogens is 294 g/mol. The van der Waals surface area contributed by atoms with E-state index >= 15 is 0 Å². The zero-order valence-electron chi connectivity index (χ0n) is 11.0. The summed E-state index contributed by atoms with van der Waals surface area (Å²) in [7, 11) is 0. The van der Waals surface area contributed by atoms with Crippen molar-refractivity contribution in [1.29, 1.82) is 0 Å². The lowest BCUT2D eigenvalue weighted by atomic mass is 10.2. The van der Waals surface area contributed by atoms with Crippen LogP contribution in [-0.4, -0.2) is 32.2 Å². The minimum absolute atomic E-state index is 0.0422. The summed E-state index contributed by atoms with van der Waals surface area (Å²) in [5, 5.41) is 35.7. The molecule has 0 aliphatic heterocycles. The number of nitro groups is 1. The van der Waals surface area contributed by atoms with E-state index in [0.717, 1.165) is 12.1 Å². The van der Waals surface area contributed by atoms with E-state index < -0.39 is 16.9 Å². The molecule has 8 heteroatoms. The third kappa shape index (κ3) is 4.93. The molecule has 2 aromatic rings. The highest BCUT2D eigenvalue weighted by Crippen LogP contribution is 2.11. The van der Waals surface area contributed by atoms with Crippen molar-refractivity contribution in [2.75, 3.05) is 0 Å². The summed E-state index contributed by atoms with van der Waals surface area (Å²) in [5.74, 6) is -2.00. The van der Waals surface area contributed by atoms with Crippen LogP contribution >= 0.6 is 0 Å². The number of hydrogen-bond acceptors (Lipinski definition) is 5. The first-order valence-corrected chi connectivity index (χ1v) is 5.81. The number of carbonyl (C=O) groups is 2. The highest BCUT2D eigenvalue weighted by Gasteiger charge is 2.06. The third-order valence-electron chi connectivity index (χ3n) is 2.44. The number of aromatic carboxylic acids is 2. The monoisotopic (exact) mass is 305 g/mol. The molecule has 0 aliphatic carbocycles. The Morgan fingerprint density at radius 2 is 1.18 bits per heavy atom. The summed E-state index contributed by atoms with van der Waals surface area (Å²) in [6.45, 7) is 0. The molecule has 0 aliphatic rings. The normalized spacial score (nSPS) is 9.27. The molecule has 0 unspecified atom stereocenters. The fourth-order valence-electron chi connectivity index (χ4n) is 1.33. The van der Waals surface area contributed by atoms with E-state index in [2.05, 4.69) is 0 Å². The molecule has 3 N–H and O–H groups in total. The standard InChI is InChI=1S/C7H5NO4.C7H6O3/c9-7(10)5-1-3-6(4-2-5)8(11)12;8-6-3-1-5(2-4-6)7(9)10/h1-4H,(H,9,10);1-4,8H,(H,9,10). The largest absolute Gasteiger partial charge is 0.508 e. The maximum Gasteiger partial charge on any atom is 0.335 e. The summed E-state index contributed by atoms with van der Waals surface area (Å²) >= 11 is 0. The number of carboxylic acid groups (broad SMARTS) is 2. The number of phenols is 1. The van der Waals surface area contributed by atoms with Crippen LogP contribution in [0.5, 0.6) is 5.75 Å². The molecule has 0 fully saturated rings. The van der Waals surface area contributed by atoms with Crippen LogP contribution in [0, 0.1) is 10.1 Å². The van der Waals surface area contributed by atoms with Gasteiger partial charge in [0.15, 0.2) is 0 Å². The average Bonchev–Trinajstić information content (AvgIpc) is 2.48. The van der Waals surface area contributed by atoms with Gasteiger partial charge in [0.2, 0.25) is 0 Å². The highest BCUT2D eigenvalue weighted by molar-refractivity contribution is 5.88. The number of rotatable bonds is 3. The van der Waals surface area contributed by atoms with Gasteiger partial charge in [0, 0.05) is 12.1 Å². The molecule has 8 nitrogen and oxygen atoms in total. The van der Waals surface area contributed by atoms with Crippen LogP contribution in [0.3, 0.4) is 0 Å². The molecule has 22 heavy (non-hydrogen) atoms. The quantitative estimate of drug-likeness (QED) is 0.584. The molecule has 0 amide bonds. The molecule has 0 saturated heterocycles. The molecule has 0 spiro atoms. The molecular formula is C14H11NO7. The number of benzene rings is 2. The first kappa shape index (κ1) is 16.6. The van der Waals surface area contributed by atoms with Crippen LogP contribution in [-0.2, 0) is 0 Å². The zero-order valence-corrected chi connectivity index (χ0v) is 11.0. The lowest BCUT2D eigenvalue weighted by molar-refractivity contribution is -0.384. The Balaban J connectivity index is 0.000000224. The van der Waals surface area contributed by atoms with Crippen molar-refractivity contribution < 1.29 is 29.8 Å². The number of hydrogen-bond donors (Lipinski definition) is 3. The molecule has 0 atom stereocenters. The van der Waals surface area contributed by atoms with Gasteiger partial charge in [-0.05, 0) is 36.4 Å². The van der Waals surface area contributed by atoms with Crippen molar-refractivity contribution >= 4 is 17.6 Å². The van der Waals surface area contributed by atoms with E-state index in [1.54, 1.807) is 0 Å². The van der Waals surface area contributed by atoms with Gasteiger partial charge in [0.25, 0.3) is 5.69 Å².